The van der Waals surface area contributed by atoms with Gasteiger partial charge in [-0.05, 0) is 36.4 Å². The number of hydrogen-bond acceptors (Lipinski definition) is 5. The van der Waals surface area contributed by atoms with Crippen LogP contribution in [0.2, 0.25) is 0 Å². The number of hydrogen-bond donors (Lipinski definition) is 0. The summed E-state index contributed by atoms with van der Waals surface area (Å²) in [4.78, 5) is 13.5. The summed E-state index contributed by atoms with van der Waals surface area (Å²) in [5.74, 6) is 1.35. The van der Waals surface area contributed by atoms with Crippen molar-refractivity contribution in [2.24, 2.45) is 0 Å². The molecule has 0 radical (unpaired) electrons. The van der Waals surface area contributed by atoms with Gasteiger partial charge in [0, 0.05) is 23.3 Å². The van der Waals surface area contributed by atoms with Gasteiger partial charge in [0.15, 0.2) is 11.6 Å². The van der Waals surface area contributed by atoms with Gasteiger partial charge in [-0.2, -0.15) is 4.68 Å². The largest absolute Gasteiger partial charge is 0.265 e. The molecule has 0 saturated heterocycles. The predicted molar refractivity (Wildman–Crippen MR) is 95.2 cm³/mol. The Morgan fingerprint density at radius 1 is 0.720 bits per heavy atom. The number of para-hydroxylation sites is 2. The Hall–Kier alpha value is -3.67. The summed E-state index contributed by atoms with van der Waals surface area (Å²) in [6.45, 7) is 0. The third-order valence-electron chi connectivity index (χ3n) is 4.07. The molecule has 0 bridgehead atoms. The molecule has 0 N–H and O–H groups in total. The van der Waals surface area contributed by atoms with Crippen molar-refractivity contribution in [2.75, 3.05) is 0 Å². The van der Waals surface area contributed by atoms with Gasteiger partial charge < -0.3 is 0 Å². The molecule has 6 nitrogen and oxygen atoms in total. The summed E-state index contributed by atoms with van der Waals surface area (Å²) in [7, 11) is 0. The Morgan fingerprint density at radius 2 is 1.48 bits per heavy atom. The summed E-state index contributed by atoms with van der Waals surface area (Å²) < 4.78 is 1.77. The van der Waals surface area contributed by atoms with Crippen LogP contribution in [0, 0.1) is 0 Å². The van der Waals surface area contributed by atoms with Crippen molar-refractivity contribution in [3.8, 4) is 17.2 Å². The summed E-state index contributed by atoms with van der Waals surface area (Å²) >= 11 is 0. The normalized spacial score (nSPS) is 11.2. The molecule has 0 aliphatic rings. The Balaban J connectivity index is 1.85. The molecule has 118 valence electrons. The maximum absolute atomic E-state index is 4.79. The minimum atomic E-state index is 0.635. The first-order chi connectivity index (χ1) is 12.4. The van der Waals surface area contributed by atoms with Gasteiger partial charge in [-0.1, -0.05) is 29.5 Å². The fourth-order valence-electron chi connectivity index (χ4n) is 2.88. The average molecular weight is 324 g/mol. The van der Waals surface area contributed by atoms with E-state index >= 15 is 0 Å². The minimum Gasteiger partial charge on any atom is -0.265 e. The first-order valence-corrected chi connectivity index (χ1v) is 7.88. The lowest BCUT2D eigenvalue weighted by atomic mass is 10.2. The van der Waals surface area contributed by atoms with Crippen LogP contribution >= 0.6 is 0 Å². The molecule has 0 aliphatic heterocycles. The van der Waals surface area contributed by atoms with Crippen LogP contribution in [0.15, 0.2) is 73.1 Å². The zero-order chi connectivity index (χ0) is 16.6. The van der Waals surface area contributed by atoms with Gasteiger partial charge in [0.25, 0.3) is 0 Å². The zero-order valence-electron chi connectivity index (χ0n) is 13.1. The number of aromatic nitrogens is 6. The molecule has 0 atom stereocenters. The van der Waals surface area contributed by atoms with E-state index in [1.54, 1.807) is 17.1 Å². The number of fused-ring (bicyclic) bond motifs is 2. The van der Waals surface area contributed by atoms with Gasteiger partial charge in [-0.3, -0.25) is 4.98 Å². The van der Waals surface area contributed by atoms with Gasteiger partial charge in [0.2, 0.25) is 0 Å². The standard InChI is InChI=1S/C19H12N6/c1-2-6-15-14(5-1)19(22-18(21-15)13-9-11-20-12-10-13)25-17-8-4-3-7-16(17)23-24-25/h1-12H. The molecule has 6 heteroatoms. The van der Waals surface area contributed by atoms with E-state index in [-0.39, 0.29) is 0 Å². The number of nitrogens with zero attached hydrogens (tertiary/aromatic N) is 6. The topological polar surface area (TPSA) is 69.4 Å². The van der Waals surface area contributed by atoms with Crippen molar-refractivity contribution in [3.63, 3.8) is 0 Å². The highest BCUT2D eigenvalue weighted by atomic mass is 15.4. The van der Waals surface area contributed by atoms with E-state index in [0.29, 0.717) is 11.6 Å². The maximum Gasteiger partial charge on any atom is 0.167 e. The van der Waals surface area contributed by atoms with Crippen molar-refractivity contribution < 1.29 is 0 Å². The highest BCUT2D eigenvalue weighted by molar-refractivity contribution is 5.89. The van der Waals surface area contributed by atoms with Crippen LogP contribution in [0.25, 0.3) is 39.1 Å². The summed E-state index contributed by atoms with van der Waals surface area (Å²) in [5.41, 5.74) is 3.51. The second-order valence-corrected chi connectivity index (χ2v) is 5.61. The fourth-order valence-corrected chi connectivity index (χ4v) is 2.88. The highest BCUT2D eigenvalue weighted by Crippen LogP contribution is 2.25. The lowest BCUT2D eigenvalue weighted by Gasteiger charge is -2.09. The lowest BCUT2D eigenvalue weighted by molar-refractivity contribution is 0.806. The van der Waals surface area contributed by atoms with Gasteiger partial charge in [-0.15, -0.1) is 5.10 Å². The molecule has 0 aliphatic carbocycles. The first kappa shape index (κ1) is 13.7. The fraction of sp³-hybridized carbons (Fsp3) is 0. The third-order valence-corrected chi connectivity index (χ3v) is 4.07. The molecule has 0 fully saturated rings. The van der Waals surface area contributed by atoms with Crippen molar-refractivity contribution in [1.82, 2.24) is 29.9 Å². The van der Waals surface area contributed by atoms with Gasteiger partial charge in [0.05, 0.1) is 11.0 Å². The van der Waals surface area contributed by atoms with Crippen LogP contribution in [-0.4, -0.2) is 29.9 Å². The Labute approximate surface area is 142 Å². The molecule has 2 aromatic carbocycles. The van der Waals surface area contributed by atoms with E-state index in [4.69, 9.17) is 9.97 Å². The van der Waals surface area contributed by atoms with Crippen LogP contribution in [0.5, 0.6) is 0 Å². The molecule has 3 heterocycles. The first-order valence-electron chi connectivity index (χ1n) is 7.88. The summed E-state index contributed by atoms with van der Waals surface area (Å²) in [6.07, 6.45) is 3.47. The number of pyridine rings is 1. The minimum absolute atomic E-state index is 0.635. The van der Waals surface area contributed by atoms with E-state index in [9.17, 15) is 0 Å². The molecule has 25 heavy (non-hydrogen) atoms. The van der Waals surface area contributed by atoms with Gasteiger partial charge in [0.1, 0.15) is 5.52 Å². The predicted octanol–water partition coefficient (Wildman–Crippen LogP) is 3.43. The van der Waals surface area contributed by atoms with Crippen molar-refractivity contribution in [1.29, 1.82) is 0 Å². The van der Waals surface area contributed by atoms with E-state index in [1.807, 2.05) is 60.7 Å². The van der Waals surface area contributed by atoms with Crippen molar-refractivity contribution in [2.45, 2.75) is 0 Å². The third kappa shape index (κ3) is 2.23. The summed E-state index contributed by atoms with van der Waals surface area (Å²) in [6, 6.07) is 19.5. The Morgan fingerprint density at radius 3 is 2.36 bits per heavy atom. The molecule has 5 rings (SSSR count). The smallest absolute Gasteiger partial charge is 0.167 e. The van der Waals surface area contributed by atoms with Crippen LogP contribution in [0.4, 0.5) is 0 Å². The van der Waals surface area contributed by atoms with Gasteiger partial charge in [-0.25, -0.2) is 9.97 Å². The monoisotopic (exact) mass is 324 g/mol. The van der Waals surface area contributed by atoms with E-state index < -0.39 is 0 Å². The number of rotatable bonds is 2. The average Bonchev–Trinajstić information content (AvgIpc) is 3.12. The molecule has 0 saturated carbocycles. The van der Waals surface area contributed by atoms with Crippen LogP contribution in [0.3, 0.4) is 0 Å². The molecule has 0 unspecified atom stereocenters. The molecular formula is C19H12N6. The Bertz CT molecular complexity index is 1200. The quantitative estimate of drug-likeness (QED) is 0.497. The van der Waals surface area contributed by atoms with Gasteiger partial charge >= 0.3 is 0 Å². The van der Waals surface area contributed by atoms with Crippen LogP contribution < -0.4 is 0 Å². The molecular weight excluding hydrogens is 312 g/mol. The van der Waals surface area contributed by atoms with Crippen molar-refractivity contribution in [3.05, 3.63) is 73.1 Å². The lowest BCUT2D eigenvalue weighted by Crippen LogP contribution is -2.04. The zero-order valence-corrected chi connectivity index (χ0v) is 13.1. The molecule has 5 aromatic rings. The molecule has 3 aromatic heterocycles. The van der Waals surface area contributed by atoms with E-state index in [0.717, 1.165) is 27.5 Å². The van der Waals surface area contributed by atoms with E-state index in [1.165, 1.54) is 0 Å². The Kier molecular flexibility index (Phi) is 3.00. The second kappa shape index (κ2) is 5.45. The number of benzene rings is 2. The van der Waals surface area contributed by atoms with Crippen molar-refractivity contribution >= 4 is 21.9 Å². The highest BCUT2D eigenvalue weighted by Gasteiger charge is 2.14. The molecule has 0 spiro atoms. The van der Waals surface area contributed by atoms with E-state index in [2.05, 4.69) is 15.3 Å². The van der Waals surface area contributed by atoms with Crippen LogP contribution in [-0.2, 0) is 0 Å². The SMILES string of the molecule is c1ccc2c(-n3nnc4ccccc43)nc(-c3ccncc3)nc2c1. The van der Waals surface area contributed by atoms with Crippen LogP contribution in [0.1, 0.15) is 0 Å². The summed E-state index contributed by atoms with van der Waals surface area (Å²) in [5, 5.41) is 9.49. The second-order valence-electron chi connectivity index (χ2n) is 5.61. The maximum atomic E-state index is 4.79. The molecule has 0 amide bonds.